The van der Waals surface area contributed by atoms with Crippen molar-refractivity contribution in [2.24, 2.45) is 5.92 Å². The van der Waals surface area contributed by atoms with Crippen LogP contribution < -0.4 is 10.6 Å². The summed E-state index contributed by atoms with van der Waals surface area (Å²) in [6.45, 7) is 6.09. The van der Waals surface area contributed by atoms with Gasteiger partial charge in [-0.05, 0) is 61.9 Å². The molecule has 1 aromatic carbocycles. The first-order valence-electron chi connectivity index (χ1n) is 10.8. The number of benzene rings is 1. The molecular formula is C23H35ClN2O2. The number of hydrogen-bond acceptors (Lipinski definition) is 3. The van der Waals surface area contributed by atoms with Crippen LogP contribution in [-0.4, -0.2) is 24.8 Å². The number of amides is 1. The second-order valence-electron chi connectivity index (χ2n) is 8.19. The predicted molar refractivity (Wildman–Crippen MR) is 118 cm³/mol. The molecule has 0 fully saturated rings. The van der Waals surface area contributed by atoms with Crippen LogP contribution >= 0.6 is 12.4 Å². The molecule has 1 heterocycles. The Morgan fingerprint density at radius 3 is 2.57 bits per heavy atom. The van der Waals surface area contributed by atoms with Gasteiger partial charge in [0, 0.05) is 30.1 Å². The van der Waals surface area contributed by atoms with Crippen molar-refractivity contribution in [1.82, 2.24) is 5.32 Å². The van der Waals surface area contributed by atoms with Gasteiger partial charge in [0.15, 0.2) is 5.78 Å². The molecule has 3 rings (SSSR count). The number of Topliss-reactive ketones (excluding diaryl/α,β-unsaturated/α-hetero) is 1. The minimum atomic E-state index is 0. The first kappa shape index (κ1) is 22.9. The Morgan fingerprint density at radius 2 is 1.79 bits per heavy atom. The number of aryl methyl sites for hydroxylation is 1. The van der Waals surface area contributed by atoms with Crippen molar-refractivity contribution in [3.63, 3.8) is 0 Å². The van der Waals surface area contributed by atoms with Gasteiger partial charge in [-0.3, -0.25) is 9.59 Å². The smallest absolute Gasteiger partial charge is 0.224 e. The number of carbonyl (C=O) groups excluding carboxylic acids is 2. The number of nitrogens with one attached hydrogen (secondary N) is 2. The van der Waals surface area contributed by atoms with E-state index >= 15 is 0 Å². The van der Waals surface area contributed by atoms with E-state index in [0.29, 0.717) is 12.8 Å². The van der Waals surface area contributed by atoms with Gasteiger partial charge in [0.2, 0.25) is 5.91 Å². The van der Waals surface area contributed by atoms with Crippen LogP contribution in [-0.2, 0) is 17.6 Å². The number of hydrogen-bond donors (Lipinski definition) is 2. The highest BCUT2D eigenvalue weighted by Crippen LogP contribution is 2.36. The lowest BCUT2D eigenvalue weighted by Crippen LogP contribution is -2.35. The summed E-state index contributed by atoms with van der Waals surface area (Å²) in [7, 11) is 0. The SMILES string of the molecule is CCCCCCCCNCC1CCc2c(C)cc3c(c2C1=O)CCC(=O)N3.Cl. The van der Waals surface area contributed by atoms with Crippen LogP contribution in [0.15, 0.2) is 6.07 Å². The first-order valence-corrected chi connectivity index (χ1v) is 10.8. The second kappa shape index (κ2) is 11.0. The van der Waals surface area contributed by atoms with E-state index in [9.17, 15) is 9.59 Å². The minimum Gasteiger partial charge on any atom is -0.326 e. The maximum absolute atomic E-state index is 13.2. The van der Waals surface area contributed by atoms with Crippen LogP contribution in [0.3, 0.4) is 0 Å². The van der Waals surface area contributed by atoms with E-state index in [-0.39, 0.29) is 30.0 Å². The summed E-state index contributed by atoms with van der Waals surface area (Å²) in [4.78, 5) is 24.9. The molecule has 4 nitrogen and oxygen atoms in total. The van der Waals surface area contributed by atoms with Gasteiger partial charge in [-0.1, -0.05) is 39.0 Å². The van der Waals surface area contributed by atoms with Gasteiger partial charge >= 0.3 is 0 Å². The van der Waals surface area contributed by atoms with Crippen molar-refractivity contribution in [1.29, 1.82) is 0 Å². The Labute approximate surface area is 175 Å². The van der Waals surface area contributed by atoms with E-state index in [1.165, 1.54) is 44.1 Å². The molecule has 28 heavy (non-hydrogen) atoms. The fourth-order valence-corrected chi connectivity index (χ4v) is 4.50. The topological polar surface area (TPSA) is 58.2 Å². The molecule has 156 valence electrons. The third-order valence-corrected chi connectivity index (χ3v) is 6.10. The third-order valence-electron chi connectivity index (χ3n) is 6.10. The number of fused-ring (bicyclic) bond motifs is 3. The number of ketones is 1. The van der Waals surface area contributed by atoms with Gasteiger partial charge in [0.05, 0.1) is 0 Å². The molecule has 1 atom stereocenters. The van der Waals surface area contributed by atoms with Crippen LogP contribution in [0.1, 0.15) is 85.3 Å². The van der Waals surface area contributed by atoms with Crippen LogP contribution in [0.2, 0.25) is 0 Å². The molecule has 0 aromatic heterocycles. The van der Waals surface area contributed by atoms with Gasteiger partial charge in [-0.2, -0.15) is 0 Å². The minimum absolute atomic E-state index is 0. The van der Waals surface area contributed by atoms with Crippen LogP contribution in [0.5, 0.6) is 0 Å². The molecular weight excluding hydrogens is 372 g/mol. The molecule has 2 N–H and O–H groups in total. The molecule has 1 aromatic rings. The normalized spacial score (nSPS) is 18.1. The summed E-state index contributed by atoms with van der Waals surface area (Å²) in [6.07, 6.45) is 10.8. The highest BCUT2D eigenvalue weighted by Gasteiger charge is 2.33. The average Bonchev–Trinajstić information content (AvgIpc) is 2.65. The molecule has 0 saturated carbocycles. The zero-order valence-corrected chi connectivity index (χ0v) is 18.2. The molecule has 1 aliphatic heterocycles. The van der Waals surface area contributed by atoms with Gasteiger partial charge < -0.3 is 10.6 Å². The van der Waals surface area contributed by atoms with Crippen molar-refractivity contribution in [2.45, 2.75) is 78.1 Å². The fraction of sp³-hybridized carbons (Fsp3) is 0.652. The predicted octanol–water partition coefficient (Wildman–Crippen LogP) is 5.00. The Hall–Kier alpha value is -1.39. The number of carbonyl (C=O) groups is 2. The van der Waals surface area contributed by atoms with Gasteiger partial charge in [0.25, 0.3) is 0 Å². The Morgan fingerprint density at radius 1 is 1.04 bits per heavy atom. The largest absolute Gasteiger partial charge is 0.326 e. The quantitative estimate of drug-likeness (QED) is 0.567. The van der Waals surface area contributed by atoms with E-state index in [2.05, 4.69) is 30.5 Å². The van der Waals surface area contributed by atoms with Gasteiger partial charge in [0.1, 0.15) is 0 Å². The van der Waals surface area contributed by atoms with Crippen molar-refractivity contribution < 1.29 is 9.59 Å². The van der Waals surface area contributed by atoms with Crippen LogP contribution in [0.25, 0.3) is 0 Å². The molecule has 5 heteroatoms. The zero-order valence-electron chi connectivity index (χ0n) is 17.4. The van der Waals surface area contributed by atoms with Crippen LogP contribution in [0.4, 0.5) is 5.69 Å². The van der Waals surface area contributed by atoms with Crippen LogP contribution in [0, 0.1) is 12.8 Å². The molecule has 0 saturated heterocycles. The maximum Gasteiger partial charge on any atom is 0.224 e. The highest BCUT2D eigenvalue weighted by atomic mass is 35.5. The summed E-state index contributed by atoms with van der Waals surface area (Å²) in [5.41, 5.74) is 5.19. The summed E-state index contributed by atoms with van der Waals surface area (Å²) in [5, 5.41) is 6.48. The highest BCUT2D eigenvalue weighted by molar-refractivity contribution is 6.05. The Bertz CT molecular complexity index is 702. The van der Waals surface area contributed by atoms with E-state index in [4.69, 9.17) is 0 Å². The van der Waals surface area contributed by atoms with Crippen molar-refractivity contribution in [3.8, 4) is 0 Å². The maximum atomic E-state index is 13.2. The molecule has 1 aliphatic carbocycles. The van der Waals surface area contributed by atoms with E-state index in [1.54, 1.807) is 0 Å². The number of halogens is 1. The zero-order chi connectivity index (χ0) is 19.2. The van der Waals surface area contributed by atoms with Crippen molar-refractivity contribution in [3.05, 3.63) is 28.3 Å². The fourth-order valence-electron chi connectivity index (χ4n) is 4.50. The van der Waals surface area contributed by atoms with Crippen molar-refractivity contribution in [2.75, 3.05) is 18.4 Å². The van der Waals surface area contributed by atoms with Gasteiger partial charge in [-0.25, -0.2) is 0 Å². The average molecular weight is 407 g/mol. The summed E-state index contributed by atoms with van der Waals surface area (Å²) >= 11 is 0. The number of unbranched alkanes of at least 4 members (excludes halogenated alkanes) is 5. The Balaban J connectivity index is 0.00000280. The number of rotatable bonds is 9. The van der Waals surface area contributed by atoms with Gasteiger partial charge in [-0.15, -0.1) is 12.4 Å². The summed E-state index contributed by atoms with van der Waals surface area (Å²) in [5.74, 6) is 0.408. The lowest BCUT2D eigenvalue weighted by Gasteiger charge is -2.30. The molecule has 0 spiro atoms. The summed E-state index contributed by atoms with van der Waals surface area (Å²) in [6, 6.07) is 2.05. The molecule has 1 unspecified atom stereocenters. The lowest BCUT2D eigenvalue weighted by molar-refractivity contribution is -0.116. The summed E-state index contributed by atoms with van der Waals surface area (Å²) < 4.78 is 0. The van der Waals surface area contributed by atoms with E-state index in [0.717, 1.165) is 48.3 Å². The monoisotopic (exact) mass is 406 g/mol. The first-order chi connectivity index (χ1) is 13.1. The second-order valence-corrected chi connectivity index (χ2v) is 8.19. The lowest BCUT2D eigenvalue weighted by atomic mass is 9.77. The van der Waals surface area contributed by atoms with E-state index in [1.807, 2.05) is 0 Å². The van der Waals surface area contributed by atoms with Crippen molar-refractivity contribution >= 4 is 29.8 Å². The molecule has 2 aliphatic rings. The molecule has 0 radical (unpaired) electrons. The number of anilines is 1. The Kier molecular flexibility index (Phi) is 8.97. The van der Waals surface area contributed by atoms with E-state index < -0.39 is 0 Å². The molecule has 1 amide bonds. The standard InChI is InChI=1S/C23H34N2O2.ClH/c1-3-4-5-6-7-8-13-24-15-17-9-10-18-16(2)14-20-19(22(18)23(17)27)11-12-21(26)25-20;/h14,17,24H,3-13,15H2,1-2H3,(H,25,26);1H. The third kappa shape index (κ3) is 5.36. The molecule has 0 bridgehead atoms.